The summed E-state index contributed by atoms with van der Waals surface area (Å²) in [6, 6.07) is 10.2. The highest BCUT2D eigenvalue weighted by Crippen LogP contribution is 2.35. The first-order chi connectivity index (χ1) is 13.1. The van der Waals surface area contributed by atoms with Crippen molar-refractivity contribution in [3.63, 3.8) is 0 Å². The normalized spacial score (nSPS) is 14.0. The Morgan fingerprint density at radius 1 is 1.19 bits per heavy atom. The molecule has 0 fully saturated rings. The van der Waals surface area contributed by atoms with Gasteiger partial charge in [0.25, 0.3) is 5.56 Å². The first-order valence-electron chi connectivity index (χ1n) is 9.85. The van der Waals surface area contributed by atoms with Gasteiger partial charge in [0.05, 0.1) is 12.1 Å². The second kappa shape index (κ2) is 8.19. The highest BCUT2D eigenvalue weighted by Gasteiger charge is 2.22. The van der Waals surface area contributed by atoms with E-state index in [2.05, 4.69) is 26.0 Å². The number of fused-ring (bicyclic) bond motifs is 3. The molecule has 27 heavy (non-hydrogen) atoms. The molecule has 0 saturated carbocycles. The van der Waals surface area contributed by atoms with Gasteiger partial charge in [-0.15, -0.1) is 11.3 Å². The third-order valence-corrected chi connectivity index (χ3v) is 7.41. The molecule has 2 heterocycles. The molecular formula is C22H26N2OS2. The van der Waals surface area contributed by atoms with Gasteiger partial charge in [-0.2, -0.15) is 0 Å². The molecule has 3 aromatic rings. The standard InChI is InChI=1S/C22H26N2OS2/c1-15(2)12-13-26-22-23-19-17-10-6-7-11-18(17)27-20(19)21(25)24(22)14-16-8-4-3-5-9-16/h3-5,8-9,15H,6-7,10-14H2,1-2H3. The number of rotatable bonds is 6. The molecule has 0 aliphatic heterocycles. The molecule has 4 rings (SSSR count). The van der Waals surface area contributed by atoms with Crippen LogP contribution in [0.3, 0.4) is 0 Å². The number of aromatic nitrogens is 2. The van der Waals surface area contributed by atoms with Gasteiger partial charge < -0.3 is 0 Å². The van der Waals surface area contributed by atoms with Gasteiger partial charge in [-0.3, -0.25) is 9.36 Å². The van der Waals surface area contributed by atoms with Crippen molar-refractivity contribution in [2.75, 3.05) is 5.75 Å². The number of nitrogens with zero attached hydrogens (tertiary/aromatic N) is 2. The quantitative estimate of drug-likeness (QED) is 0.405. The van der Waals surface area contributed by atoms with E-state index in [9.17, 15) is 4.79 Å². The van der Waals surface area contributed by atoms with Crippen molar-refractivity contribution < 1.29 is 0 Å². The van der Waals surface area contributed by atoms with Gasteiger partial charge >= 0.3 is 0 Å². The lowest BCUT2D eigenvalue weighted by Crippen LogP contribution is -2.23. The van der Waals surface area contributed by atoms with Crippen LogP contribution in [0.2, 0.25) is 0 Å². The van der Waals surface area contributed by atoms with E-state index in [4.69, 9.17) is 4.98 Å². The SMILES string of the molecule is CC(C)CCSc1nc2c3c(sc2c(=O)n1Cc1ccccc1)CCCC3. The Kier molecular flexibility index (Phi) is 5.69. The Bertz CT molecular complexity index is 989. The summed E-state index contributed by atoms with van der Waals surface area (Å²) in [4.78, 5) is 19.8. The van der Waals surface area contributed by atoms with Gasteiger partial charge in [0, 0.05) is 10.6 Å². The number of hydrogen-bond acceptors (Lipinski definition) is 4. The summed E-state index contributed by atoms with van der Waals surface area (Å²) in [5.74, 6) is 1.65. The molecule has 0 atom stereocenters. The second-order valence-corrected chi connectivity index (χ2v) is 9.86. The zero-order chi connectivity index (χ0) is 18.8. The summed E-state index contributed by atoms with van der Waals surface area (Å²) >= 11 is 3.42. The van der Waals surface area contributed by atoms with Crippen LogP contribution < -0.4 is 5.56 Å². The monoisotopic (exact) mass is 398 g/mol. The van der Waals surface area contributed by atoms with Crippen LogP contribution in [0.5, 0.6) is 0 Å². The van der Waals surface area contributed by atoms with Gasteiger partial charge in [0.1, 0.15) is 4.70 Å². The predicted molar refractivity (Wildman–Crippen MR) is 116 cm³/mol. The molecule has 3 nitrogen and oxygen atoms in total. The maximum Gasteiger partial charge on any atom is 0.272 e. The smallest absolute Gasteiger partial charge is 0.272 e. The van der Waals surface area contributed by atoms with Crippen LogP contribution in [0, 0.1) is 5.92 Å². The van der Waals surface area contributed by atoms with Crippen molar-refractivity contribution in [2.24, 2.45) is 5.92 Å². The molecule has 0 unspecified atom stereocenters. The summed E-state index contributed by atoms with van der Waals surface area (Å²) in [6.07, 6.45) is 5.74. The topological polar surface area (TPSA) is 34.9 Å². The minimum absolute atomic E-state index is 0.135. The summed E-state index contributed by atoms with van der Waals surface area (Å²) in [7, 11) is 0. The number of hydrogen-bond donors (Lipinski definition) is 0. The minimum atomic E-state index is 0.135. The molecule has 2 aromatic heterocycles. The van der Waals surface area contributed by atoms with Crippen LogP contribution in [0.4, 0.5) is 0 Å². The largest absolute Gasteiger partial charge is 0.282 e. The highest BCUT2D eigenvalue weighted by atomic mass is 32.2. The van der Waals surface area contributed by atoms with Crippen molar-refractivity contribution in [2.45, 2.75) is 57.7 Å². The molecule has 0 spiro atoms. The average molecular weight is 399 g/mol. The number of thioether (sulfide) groups is 1. The van der Waals surface area contributed by atoms with Gasteiger partial charge in [-0.25, -0.2) is 4.98 Å². The maximum atomic E-state index is 13.4. The van der Waals surface area contributed by atoms with Crippen LogP contribution in [-0.4, -0.2) is 15.3 Å². The second-order valence-electron chi connectivity index (χ2n) is 7.69. The van der Waals surface area contributed by atoms with E-state index < -0.39 is 0 Å². The highest BCUT2D eigenvalue weighted by molar-refractivity contribution is 7.99. The third kappa shape index (κ3) is 3.99. The van der Waals surface area contributed by atoms with Crippen LogP contribution in [-0.2, 0) is 19.4 Å². The fraction of sp³-hybridized carbons (Fsp3) is 0.455. The fourth-order valence-corrected chi connectivity index (χ4v) is 6.09. The van der Waals surface area contributed by atoms with Crippen LogP contribution in [0.15, 0.2) is 40.3 Å². The van der Waals surface area contributed by atoms with Crippen LogP contribution in [0.1, 0.15) is 49.1 Å². The summed E-state index contributed by atoms with van der Waals surface area (Å²) < 4.78 is 2.75. The average Bonchev–Trinajstić information content (AvgIpc) is 3.04. The molecule has 0 bridgehead atoms. The van der Waals surface area contributed by atoms with Crippen molar-refractivity contribution in [3.8, 4) is 0 Å². The molecule has 0 amide bonds. The molecule has 1 aliphatic carbocycles. The van der Waals surface area contributed by atoms with E-state index in [1.165, 1.54) is 23.3 Å². The van der Waals surface area contributed by atoms with E-state index in [1.54, 1.807) is 23.1 Å². The molecule has 1 aliphatic rings. The molecule has 0 radical (unpaired) electrons. The number of aryl methyl sites for hydroxylation is 2. The number of thiophene rings is 1. The zero-order valence-electron chi connectivity index (χ0n) is 16.0. The Hall–Kier alpha value is -1.59. The predicted octanol–water partition coefficient (Wildman–Crippen LogP) is 5.52. The molecule has 142 valence electrons. The Balaban J connectivity index is 1.79. The van der Waals surface area contributed by atoms with Crippen LogP contribution in [0.25, 0.3) is 10.2 Å². The molecule has 1 aromatic carbocycles. The molecule has 0 N–H and O–H groups in total. The first kappa shape index (κ1) is 18.8. The minimum Gasteiger partial charge on any atom is -0.282 e. The van der Waals surface area contributed by atoms with Crippen LogP contribution >= 0.6 is 23.1 Å². The Labute approximate surface area is 168 Å². The fourth-order valence-electron chi connectivity index (χ4n) is 3.58. The summed E-state index contributed by atoms with van der Waals surface area (Å²) in [6.45, 7) is 5.07. The third-order valence-electron chi connectivity index (χ3n) is 5.13. The van der Waals surface area contributed by atoms with Gasteiger partial charge in [-0.05, 0) is 49.1 Å². The molecule has 0 saturated heterocycles. The Morgan fingerprint density at radius 3 is 2.74 bits per heavy atom. The van der Waals surface area contributed by atoms with E-state index in [0.29, 0.717) is 12.5 Å². The number of benzene rings is 1. The first-order valence-corrected chi connectivity index (χ1v) is 11.7. The van der Waals surface area contributed by atoms with Gasteiger partial charge in [-0.1, -0.05) is 55.9 Å². The lowest BCUT2D eigenvalue weighted by Gasteiger charge is -2.14. The van der Waals surface area contributed by atoms with Gasteiger partial charge in [0.15, 0.2) is 5.16 Å². The van der Waals surface area contributed by atoms with Crippen molar-refractivity contribution >= 4 is 33.3 Å². The summed E-state index contributed by atoms with van der Waals surface area (Å²) in [5, 5.41) is 0.878. The van der Waals surface area contributed by atoms with E-state index >= 15 is 0 Å². The van der Waals surface area contributed by atoms with Gasteiger partial charge in [0.2, 0.25) is 0 Å². The lowest BCUT2D eigenvalue weighted by atomic mass is 9.98. The maximum absolute atomic E-state index is 13.4. The Morgan fingerprint density at radius 2 is 1.96 bits per heavy atom. The molecule has 5 heteroatoms. The van der Waals surface area contributed by atoms with Crippen molar-refractivity contribution in [1.29, 1.82) is 0 Å². The molecular weight excluding hydrogens is 372 g/mol. The summed E-state index contributed by atoms with van der Waals surface area (Å²) in [5.41, 5.74) is 3.61. The van der Waals surface area contributed by atoms with E-state index in [-0.39, 0.29) is 5.56 Å². The zero-order valence-corrected chi connectivity index (χ0v) is 17.7. The lowest BCUT2D eigenvalue weighted by molar-refractivity contribution is 0.626. The van der Waals surface area contributed by atoms with E-state index in [1.807, 2.05) is 22.8 Å². The van der Waals surface area contributed by atoms with Crippen molar-refractivity contribution in [3.05, 3.63) is 56.7 Å². The van der Waals surface area contributed by atoms with Crippen molar-refractivity contribution in [1.82, 2.24) is 9.55 Å². The van der Waals surface area contributed by atoms with E-state index in [0.717, 1.165) is 46.0 Å².